The molecule has 2 heterocycles. The first-order valence-electron chi connectivity index (χ1n) is 10.8. The van der Waals surface area contributed by atoms with E-state index in [0.717, 1.165) is 16.7 Å². The van der Waals surface area contributed by atoms with Gasteiger partial charge in [0.2, 0.25) is 5.91 Å². The fourth-order valence-corrected chi connectivity index (χ4v) is 4.21. The first-order valence-corrected chi connectivity index (χ1v) is 11.8. The molecule has 9 nitrogen and oxygen atoms in total. The Hall–Kier alpha value is -4.05. The summed E-state index contributed by atoms with van der Waals surface area (Å²) in [4.78, 5) is 24.7. The van der Waals surface area contributed by atoms with Crippen molar-refractivity contribution in [3.8, 4) is 17.1 Å². The van der Waals surface area contributed by atoms with Crippen LogP contribution in [0, 0.1) is 13.8 Å². The number of aromatic nitrogens is 3. The number of urea groups is 1. The van der Waals surface area contributed by atoms with Crippen molar-refractivity contribution >= 4 is 29.4 Å². The number of nitrogens with zero attached hydrogens (tertiary/aromatic N) is 3. The number of hydrogen-bond donors (Lipinski definition) is 2. The van der Waals surface area contributed by atoms with E-state index in [1.165, 1.54) is 11.8 Å². The van der Waals surface area contributed by atoms with Gasteiger partial charge in [-0.05, 0) is 49.7 Å². The summed E-state index contributed by atoms with van der Waals surface area (Å²) in [6, 6.07) is 16.2. The van der Waals surface area contributed by atoms with Gasteiger partial charge in [0.05, 0.1) is 25.7 Å². The number of hydrogen-bond acceptors (Lipinski definition) is 7. The van der Waals surface area contributed by atoms with E-state index < -0.39 is 11.9 Å². The Kier molecular flexibility index (Phi) is 7.51. The first kappa shape index (κ1) is 24.1. The van der Waals surface area contributed by atoms with E-state index in [-0.39, 0.29) is 5.75 Å². The molecule has 0 aliphatic carbocycles. The van der Waals surface area contributed by atoms with Crippen LogP contribution in [0.5, 0.6) is 5.75 Å². The van der Waals surface area contributed by atoms with Crippen LogP contribution in [-0.2, 0) is 11.3 Å². The van der Waals surface area contributed by atoms with Gasteiger partial charge in [0.15, 0.2) is 11.0 Å². The number of amides is 3. The molecule has 0 aliphatic rings. The summed E-state index contributed by atoms with van der Waals surface area (Å²) in [6.45, 7) is 4.25. The number of ether oxygens (including phenoxy) is 1. The lowest BCUT2D eigenvalue weighted by atomic mass is 10.1. The zero-order chi connectivity index (χ0) is 24.8. The lowest BCUT2D eigenvalue weighted by molar-refractivity contribution is -0.117. The van der Waals surface area contributed by atoms with Crippen LogP contribution < -0.4 is 15.4 Å². The fraction of sp³-hybridized carbons (Fsp3) is 0.200. The van der Waals surface area contributed by atoms with Crippen molar-refractivity contribution < 1.29 is 18.7 Å². The monoisotopic (exact) mass is 491 g/mol. The molecule has 10 heteroatoms. The van der Waals surface area contributed by atoms with Crippen LogP contribution in [0.15, 0.2) is 70.4 Å². The number of imide groups is 1. The fourth-order valence-electron chi connectivity index (χ4n) is 3.47. The summed E-state index contributed by atoms with van der Waals surface area (Å²) in [6.07, 6.45) is 1.60. The number of rotatable bonds is 8. The van der Waals surface area contributed by atoms with Gasteiger partial charge in [-0.25, -0.2) is 4.79 Å². The molecule has 2 aromatic heterocycles. The van der Waals surface area contributed by atoms with Crippen molar-refractivity contribution in [2.45, 2.75) is 25.5 Å². The number of benzene rings is 2. The lowest BCUT2D eigenvalue weighted by Crippen LogP contribution is -2.35. The summed E-state index contributed by atoms with van der Waals surface area (Å²) in [5.41, 5.74) is 3.47. The number of carbonyl (C=O) groups excluding carboxylic acids is 2. The second kappa shape index (κ2) is 10.9. The number of aryl methyl sites for hydroxylation is 2. The largest absolute Gasteiger partial charge is 0.497 e. The maximum Gasteiger partial charge on any atom is 0.325 e. The number of carbonyl (C=O) groups is 2. The standard InChI is InChI=1S/C25H25N5O4S/c1-16-9-10-21(17(2)12-16)26-24(32)27-22(31)15-35-25-29-28-23(18-6-4-7-19(13-18)33-3)30(25)14-20-8-5-11-34-20/h4-13H,14-15H2,1-3H3,(H2,26,27,31,32). The van der Waals surface area contributed by atoms with Crippen LogP contribution >= 0.6 is 11.8 Å². The van der Waals surface area contributed by atoms with Crippen LogP contribution in [0.2, 0.25) is 0 Å². The molecule has 0 aliphatic heterocycles. The minimum Gasteiger partial charge on any atom is -0.497 e. The van der Waals surface area contributed by atoms with E-state index in [1.54, 1.807) is 25.5 Å². The second-order valence-electron chi connectivity index (χ2n) is 7.81. The van der Waals surface area contributed by atoms with E-state index in [2.05, 4.69) is 20.8 Å². The third kappa shape index (κ3) is 6.10. The molecular formula is C25H25N5O4S. The molecule has 2 aromatic carbocycles. The predicted octanol–water partition coefficient (Wildman–Crippen LogP) is 4.65. The Labute approximate surface area is 206 Å². The van der Waals surface area contributed by atoms with Gasteiger partial charge in [0.1, 0.15) is 11.5 Å². The number of furan rings is 1. The number of thioether (sulfide) groups is 1. The van der Waals surface area contributed by atoms with Crippen molar-refractivity contribution in [1.29, 1.82) is 0 Å². The minimum atomic E-state index is -0.586. The maximum atomic E-state index is 12.5. The molecule has 4 rings (SSSR count). The van der Waals surface area contributed by atoms with Crippen LogP contribution in [0.4, 0.5) is 10.5 Å². The van der Waals surface area contributed by atoms with Crippen molar-refractivity contribution in [2.24, 2.45) is 0 Å². The van der Waals surface area contributed by atoms with Crippen LogP contribution in [-0.4, -0.2) is 39.6 Å². The Morgan fingerprint density at radius 1 is 1.09 bits per heavy atom. The van der Waals surface area contributed by atoms with Gasteiger partial charge < -0.3 is 14.5 Å². The smallest absolute Gasteiger partial charge is 0.325 e. The number of anilines is 1. The van der Waals surface area contributed by atoms with Gasteiger partial charge in [-0.3, -0.25) is 14.7 Å². The molecule has 0 unspecified atom stereocenters. The molecule has 180 valence electrons. The Morgan fingerprint density at radius 2 is 1.94 bits per heavy atom. The predicted molar refractivity (Wildman–Crippen MR) is 134 cm³/mol. The first-order chi connectivity index (χ1) is 16.9. The summed E-state index contributed by atoms with van der Waals surface area (Å²) < 4.78 is 12.7. The van der Waals surface area contributed by atoms with E-state index in [9.17, 15) is 9.59 Å². The Morgan fingerprint density at radius 3 is 2.69 bits per heavy atom. The molecule has 0 radical (unpaired) electrons. The molecule has 3 amide bonds. The Bertz CT molecular complexity index is 1330. The lowest BCUT2D eigenvalue weighted by Gasteiger charge is -2.11. The average molecular weight is 492 g/mol. The SMILES string of the molecule is COc1cccc(-c2nnc(SCC(=O)NC(=O)Nc3ccc(C)cc3C)n2Cc2ccco2)c1. The summed E-state index contributed by atoms with van der Waals surface area (Å²) in [5, 5.41) is 14.2. The van der Waals surface area contributed by atoms with Crippen LogP contribution in [0.25, 0.3) is 11.4 Å². The highest BCUT2D eigenvalue weighted by Crippen LogP contribution is 2.27. The van der Waals surface area contributed by atoms with Crippen molar-refractivity contribution in [2.75, 3.05) is 18.2 Å². The highest BCUT2D eigenvalue weighted by Gasteiger charge is 2.18. The van der Waals surface area contributed by atoms with Gasteiger partial charge in [-0.15, -0.1) is 10.2 Å². The van der Waals surface area contributed by atoms with Gasteiger partial charge in [0, 0.05) is 11.3 Å². The summed E-state index contributed by atoms with van der Waals surface area (Å²) in [5.74, 6) is 1.55. The molecule has 0 fully saturated rings. The summed E-state index contributed by atoms with van der Waals surface area (Å²) >= 11 is 1.18. The Balaban J connectivity index is 1.45. The molecule has 0 saturated heterocycles. The van der Waals surface area contributed by atoms with Gasteiger partial charge in [-0.1, -0.05) is 41.6 Å². The van der Waals surface area contributed by atoms with E-state index >= 15 is 0 Å². The van der Waals surface area contributed by atoms with Gasteiger partial charge in [-0.2, -0.15) is 0 Å². The van der Waals surface area contributed by atoms with E-state index in [1.807, 2.05) is 60.9 Å². The van der Waals surface area contributed by atoms with E-state index in [0.29, 0.717) is 34.7 Å². The highest BCUT2D eigenvalue weighted by molar-refractivity contribution is 7.99. The molecule has 4 aromatic rings. The van der Waals surface area contributed by atoms with Crippen molar-refractivity contribution in [1.82, 2.24) is 20.1 Å². The van der Waals surface area contributed by atoms with Crippen molar-refractivity contribution in [3.63, 3.8) is 0 Å². The van der Waals surface area contributed by atoms with Crippen LogP contribution in [0.1, 0.15) is 16.9 Å². The zero-order valence-corrected chi connectivity index (χ0v) is 20.4. The molecular weight excluding hydrogens is 466 g/mol. The van der Waals surface area contributed by atoms with Gasteiger partial charge >= 0.3 is 6.03 Å². The van der Waals surface area contributed by atoms with Crippen molar-refractivity contribution in [3.05, 3.63) is 77.7 Å². The molecule has 35 heavy (non-hydrogen) atoms. The molecule has 0 bridgehead atoms. The average Bonchev–Trinajstić information content (AvgIpc) is 3.50. The quantitative estimate of drug-likeness (QED) is 0.345. The zero-order valence-electron chi connectivity index (χ0n) is 19.6. The third-order valence-corrected chi connectivity index (χ3v) is 6.12. The molecule has 0 saturated carbocycles. The van der Waals surface area contributed by atoms with Gasteiger partial charge in [0.25, 0.3) is 0 Å². The second-order valence-corrected chi connectivity index (χ2v) is 8.76. The molecule has 2 N–H and O–H groups in total. The van der Waals surface area contributed by atoms with E-state index in [4.69, 9.17) is 9.15 Å². The molecule has 0 spiro atoms. The minimum absolute atomic E-state index is 0.0191. The molecule has 0 atom stereocenters. The number of methoxy groups -OCH3 is 1. The highest BCUT2D eigenvalue weighted by atomic mass is 32.2. The third-order valence-electron chi connectivity index (χ3n) is 5.15. The number of nitrogens with one attached hydrogen (secondary N) is 2. The normalized spacial score (nSPS) is 10.7. The maximum absolute atomic E-state index is 12.5. The van der Waals surface area contributed by atoms with Crippen LogP contribution in [0.3, 0.4) is 0 Å². The topological polar surface area (TPSA) is 111 Å². The summed E-state index contributed by atoms with van der Waals surface area (Å²) in [7, 11) is 1.60.